The van der Waals surface area contributed by atoms with Crippen molar-refractivity contribution in [3.05, 3.63) is 35.4 Å². The van der Waals surface area contributed by atoms with Gasteiger partial charge in [-0.3, -0.25) is 0 Å². The van der Waals surface area contributed by atoms with Crippen molar-refractivity contribution in [1.82, 2.24) is 0 Å². The van der Waals surface area contributed by atoms with E-state index in [1.165, 1.54) is 31.4 Å². The summed E-state index contributed by atoms with van der Waals surface area (Å²) in [6.07, 6.45) is -1.56. The van der Waals surface area contributed by atoms with Gasteiger partial charge in [-0.1, -0.05) is 6.92 Å². The van der Waals surface area contributed by atoms with Crippen molar-refractivity contribution < 1.29 is 53.1 Å². The molecule has 1 rings (SSSR count). The highest BCUT2D eigenvalue weighted by Gasteiger charge is 2.15. The molecule has 2 unspecified atom stereocenters. The van der Waals surface area contributed by atoms with Crippen molar-refractivity contribution in [2.45, 2.75) is 25.6 Å². The molecule has 0 aliphatic heterocycles. The number of carbonyl (C=O) groups is 4. The summed E-state index contributed by atoms with van der Waals surface area (Å²) in [5, 5.41) is 19.1. The van der Waals surface area contributed by atoms with E-state index >= 15 is 0 Å². The van der Waals surface area contributed by atoms with Gasteiger partial charge in [0.2, 0.25) is 0 Å². The van der Waals surface area contributed by atoms with Gasteiger partial charge in [0, 0.05) is 0 Å². The molecule has 1 aromatic carbocycles. The number of esters is 4. The van der Waals surface area contributed by atoms with Crippen LogP contribution >= 0.6 is 0 Å². The predicted octanol–water partition coefficient (Wildman–Crippen LogP) is -0.135. The minimum absolute atomic E-state index is 0.126. The Labute approximate surface area is 178 Å². The van der Waals surface area contributed by atoms with Crippen LogP contribution < -0.4 is 0 Å². The van der Waals surface area contributed by atoms with Crippen LogP contribution in [0.3, 0.4) is 0 Å². The van der Waals surface area contributed by atoms with Gasteiger partial charge in [0.25, 0.3) is 0 Å². The van der Waals surface area contributed by atoms with Gasteiger partial charge < -0.3 is 33.9 Å². The predicted molar refractivity (Wildman–Crippen MR) is 103 cm³/mol. The molecule has 11 nitrogen and oxygen atoms in total. The van der Waals surface area contributed by atoms with Gasteiger partial charge in [0.1, 0.15) is 39.1 Å². The summed E-state index contributed by atoms with van der Waals surface area (Å²) in [4.78, 5) is 46.1. The molecule has 0 aliphatic carbocycles. The largest absolute Gasteiger partial charge is 0.467 e. The first-order valence-corrected chi connectivity index (χ1v) is 9.37. The van der Waals surface area contributed by atoms with Gasteiger partial charge in [-0.15, -0.1) is 0 Å². The fourth-order valence-corrected chi connectivity index (χ4v) is 1.93. The molecular weight excluding hydrogens is 416 g/mol. The van der Waals surface area contributed by atoms with Crippen LogP contribution in [0.1, 0.15) is 34.1 Å². The van der Waals surface area contributed by atoms with Crippen LogP contribution in [0.25, 0.3) is 0 Å². The second-order valence-corrected chi connectivity index (χ2v) is 6.24. The lowest BCUT2D eigenvalue weighted by Crippen LogP contribution is -2.27. The molecule has 172 valence electrons. The van der Waals surface area contributed by atoms with Crippen LogP contribution in [0, 0.1) is 0 Å². The van der Waals surface area contributed by atoms with Crippen molar-refractivity contribution in [3.63, 3.8) is 0 Å². The number of aliphatic hydroxyl groups is 2. The summed E-state index contributed by atoms with van der Waals surface area (Å²) in [5.74, 6) is -2.86. The normalized spacial score (nSPS) is 12.4. The molecule has 0 heterocycles. The molecule has 31 heavy (non-hydrogen) atoms. The van der Waals surface area contributed by atoms with Crippen molar-refractivity contribution in [3.8, 4) is 0 Å². The first-order chi connectivity index (χ1) is 14.8. The number of benzene rings is 1. The molecule has 0 amide bonds. The Morgan fingerprint density at radius 3 is 1.71 bits per heavy atom. The fraction of sp³-hybridized carbons (Fsp3) is 0.500. The van der Waals surface area contributed by atoms with Gasteiger partial charge in [0.05, 0.1) is 24.3 Å². The topological polar surface area (TPSA) is 155 Å². The zero-order valence-electron chi connectivity index (χ0n) is 17.3. The van der Waals surface area contributed by atoms with E-state index in [2.05, 4.69) is 4.74 Å². The molecular formula is C20H26O11. The van der Waals surface area contributed by atoms with Gasteiger partial charge in [0.15, 0.2) is 0 Å². The molecule has 11 heteroatoms. The second kappa shape index (κ2) is 14.1. The minimum Gasteiger partial charge on any atom is -0.467 e. The molecule has 2 N–H and O–H groups in total. The first-order valence-electron chi connectivity index (χ1n) is 9.37. The number of carbonyl (C=O) groups excluding carboxylic acids is 4. The Bertz CT molecular complexity index is 729. The number of hydrogen-bond acceptors (Lipinski definition) is 11. The highest BCUT2D eigenvalue weighted by Crippen LogP contribution is 2.08. The van der Waals surface area contributed by atoms with E-state index in [9.17, 15) is 29.4 Å². The zero-order chi connectivity index (χ0) is 23.2. The molecule has 0 saturated carbocycles. The lowest BCUT2D eigenvalue weighted by Gasteiger charge is -2.12. The van der Waals surface area contributed by atoms with Crippen LogP contribution in [0.15, 0.2) is 24.3 Å². The van der Waals surface area contributed by atoms with E-state index in [1.54, 1.807) is 6.92 Å². The first kappa shape index (κ1) is 26.0. The number of hydrogen-bond donors (Lipinski definition) is 2. The number of methoxy groups -OCH3 is 1. The van der Waals surface area contributed by atoms with E-state index < -0.39 is 62.5 Å². The summed E-state index contributed by atoms with van der Waals surface area (Å²) in [6.45, 7) is -0.173. The Hall–Kier alpha value is -3.02. The lowest BCUT2D eigenvalue weighted by atomic mass is 10.1. The second-order valence-electron chi connectivity index (χ2n) is 6.24. The average molecular weight is 442 g/mol. The van der Waals surface area contributed by atoms with E-state index in [1.807, 2.05) is 0 Å². The summed E-state index contributed by atoms with van der Waals surface area (Å²) in [6, 6.07) is 5.42. The molecule has 0 aliphatic rings. The van der Waals surface area contributed by atoms with Gasteiger partial charge in [-0.2, -0.15) is 0 Å². The lowest BCUT2D eigenvalue weighted by molar-refractivity contribution is -0.156. The number of rotatable bonds is 13. The Morgan fingerprint density at radius 1 is 0.774 bits per heavy atom. The maximum absolute atomic E-state index is 12.0. The molecule has 0 fully saturated rings. The van der Waals surface area contributed by atoms with Crippen molar-refractivity contribution in [2.24, 2.45) is 0 Å². The van der Waals surface area contributed by atoms with Gasteiger partial charge >= 0.3 is 23.9 Å². The Balaban J connectivity index is 2.34. The van der Waals surface area contributed by atoms with Crippen LogP contribution in [-0.4, -0.2) is 86.4 Å². The summed E-state index contributed by atoms with van der Waals surface area (Å²) in [7, 11) is 1.17. The third-order valence-electron chi connectivity index (χ3n) is 3.75. The summed E-state index contributed by atoms with van der Waals surface area (Å²) < 4.78 is 23.6. The highest BCUT2D eigenvalue weighted by atomic mass is 16.6. The monoisotopic (exact) mass is 442 g/mol. The van der Waals surface area contributed by atoms with Crippen LogP contribution in [0.2, 0.25) is 0 Å². The molecule has 1 aromatic rings. The SMILES string of the molecule is CCC(O)COC(=O)c1ccc(C(=O)OCC(O)COC(=O)COCC(=O)OC)cc1. The standard InChI is InChI=1S/C20H26O11/c1-3-15(21)8-30-19(25)13-4-6-14(7-5-13)20(26)31-10-16(22)9-29-18(24)12-28-11-17(23)27-2/h4-7,15-16,21-22H,3,8-12H2,1-2H3. The molecule has 2 atom stereocenters. The average Bonchev–Trinajstić information content (AvgIpc) is 2.79. The van der Waals surface area contributed by atoms with Gasteiger partial charge in [-0.25, -0.2) is 19.2 Å². The van der Waals surface area contributed by atoms with E-state index in [0.29, 0.717) is 6.42 Å². The minimum atomic E-state index is -1.27. The van der Waals surface area contributed by atoms with Crippen molar-refractivity contribution >= 4 is 23.9 Å². The van der Waals surface area contributed by atoms with Crippen LogP contribution in [0.5, 0.6) is 0 Å². The summed E-state index contributed by atoms with van der Waals surface area (Å²) >= 11 is 0. The van der Waals surface area contributed by atoms with Crippen molar-refractivity contribution in [1.29, 1.82) is 0 Å². The fourth-order valence-electron chi connectivity index (χ4n) is 1.93. The third-order valence-corrected chi connectivity index (χ3v) is 3.75. The number of aliphatic hydroxyl groups excluding tert-OH is 2. The maximum atomic E-state index is 12.0. The Morgan fingerprint density at radius 2 is 1.23 bits per heavy atom. The van der Waals surface area contributed by atoms with Crippen LogP contribution in [0.4, 0.5) is 0 Å². The highest BCUT2D eigenvalue weighted by molar-refractivity contribution is 5.93. The number of ether oxygens (including phenoxy) is 5. The van der Waals surface area contributed by atoms with Crippen molar-refractivity contribution in [2.75, 3.05) is 40.1 Å². The summed E-state index contributed by atoms with van der Waals surface area (Å²) in [5.41, 5.74) is 0.326. The molecule has 0 aromatic heterocycles. The van der Waals surface area contributed by atoms with E-state index in [0.717, 1.165) is 0 Å². The van der Waals surface area contributed by atoms with E-state index in [4.69, 9.17) is 18.9 Å². The Kier molecular flexibility index (Phi) is 11.8. The van der Waals surface area contributed by atoms with Gasteiger partial charge in [-0.05, 0) is 30.7 Å². The molecule has 0 saturated heterocycles. The van der Waals surface area contributed by atoms with Crippen LogP contribution in [-0.2, 0) is 33.3 Å². The quantitative estimate of drug-likeness (QED) is 0.310. The molecule has 0 radical (unpaired) electrons. The maximum Gasteiger partial charge on any atom is 0.338 e. The third kappa shape index (κ3) is 10.5. The van der Waals surface area contributed by atoms with E-state index in [-0.39, 0.29) is 17.7 Å². The molecule has 0 bridgehead atoms. The smallest absolute Gasteiger partial charge is 0.338 e. The zero-order valence-corrected chi connectivity index (χ0v) is 17.3. The molecule has 0 spiro atoms.